The maximum Gasteiger partial charge on any atom is 0.414 e. The fraction of sp³-hybridized carbons (Fsp3) is 0.500. The van der Waals surface area contributed by atoms with Gasteiger partial charge in [-0.05, 0) is 20.8 Å². The Hall–Kier alpha value is -2.03. The Balaban J connectivity index is 4.63. The Bertz CT molecular complexity index is 341. The average Bonchev–Trinajstić information content (AvgIpc) is 2.19. The van der Waals surface area contributed by atoms with E-state index in [1.165, 1.54) is 6.92 Å². The van der Waals surface area contributed by atoms with Crippen molar-refractivity contribution in [2.45, 2.75) is 20.8 Å². The number of nitrogens with one attached hydrogen (secondary N) is 1. The highest BCUT2D eigenvalue weighted by Crippen LogP contribution is 2.04. The maximum absolute atomic E-state index is 11.4. The number of hydrogen-bond donors (Lipinski definition) is 1. The van der Waals surface area contributed by atoms with Crippen LogP contribution in [-0.4, -0.2) is 25.2 Å². The van der Waals surface area contributed by atoms with Gasteiger partial charge in [0, 0.05) is 0 Å². The molecule has 0 aromatic heterocycles. The number of carbonyl (C=O) groups is 2. The summed E-state index contributed by atoms with van der Waals surface area (Å²) in [5.74, 6) is -0.654. The summed E-state index contributed by atoms with van der Waals surface area (Å²) in [5, 5.41) is 10.6. The topological polar surface area (TPSA) is 88.4 Å². The zero-order valence-electron chi connectivity index (χ0n) is 9.49. The van der Waals surface area contributed by atoms with Crippen LogP contribution in [-0.2, 0) is 14.3 Å². The molecule has 6 heteroatoms. The molecule has 0 aliphatic heterocycles. The summed E-state index contributed by atoms with van der Waals surface area (Å²) in [6.07, 6.45) is -0.885. The lowest BCUT2D eigenvalue weighted by atomic mass is 10.2. The van der Waals surface area contributed by atoms with Gasteiger partial charge in [0.1, 0.15) is 11.8 Å². The van der Waals surface area contributed by atoms with Crippen LogP contribution in [0.5, 0.6) is 0 Å². The lowest BCUT2D eigenvalue weighted by Gasteiger charge is -2.06. The number of imide groups is 1. The lowest BCUT2D eigenvalue weighted by Crippen LogP contribution is -2.32. The minimum Gasteiger partial charge on any atom is -0.497 e. The molecule has 0 radical (unpaired) electrons. The molecule has 6 nitrogen and oxygen atoms in total. The standard InChI is InChI=1S/C10H14N2O4/c1-4-15-7(3)8(6-11)9(13)12-10(14)16-5-2/h4-5H2,1-3H3,(H,12,13,14)/b8-7-. The second-order valence-electron chi connectivity index (χ2n) is 2.65. The summed E-state index contributed by atoms with van der Waals surface area (Å²) >= 11 is 0. The van der Waals surface area contributed by atoms with E-state index < -0.39 is 12.0 Å². The first-order chi connectivity index (χ1) is 7.56. The van der Waals surface area contributed by atoms with Gasteiger partial charge in [-0.25, -0.2) is 4.79 Å². The van der Waals surface area contributed by atoms with E-state index in [9.17, 15) is 9.59 Å². The van der Waals surface area contributed by atoms with Gasteiger partial charge in [0.2, 0.25) is 0 Å². The minimum absolute atomic E-state index is 0.148. The molecule has 2 amide bonds. The molecule has 0 saturated carbocycles. The van der Waals surface area contributed by atoms with Gasteiger partial charge >= 0.3 is 6.09 Å². The normalized spacial score (nSPS) is 10.9. The SMILES string of the molecule is CCOC(=O)NC(=O)/C(C#N)=C(/C)OCC. The molecule has 0 aliphatic rings. The minimum atomic E-state index is -0.885. The molecule has 0 fully saturated rings. The highest BCUT2D eigenvalue weighted by atomic mass is 16.5. The molecule has 1 N–H and O–H groups in total. The molecule has 0 atom stereocenters. The van der Waals surface area contributed by atoms with Crippen molar-refractivity contribution < 1.29 is 19.1 Å². The second kappa shape index (κ2) is 7.29. The van der Waals surface area contributed by atoms with Crippen molar-refractivity contribution in [2.24, 2.45) is 0 Å². The van der Waals surface area contributed by atoms with Crippen LogP contribution in [0, 0.1) is 11.3 Å². The molecule has 0 aromatic rings. The number of amides is 2. The molecule has 0 bridgehead atoms. The van der Waals surface area contributed by atoms with E-state index in [0.717, 1.165) is 0 Å². The fourth-order valence-corrected chi connectivity index (χ4v) is 0.900. The predicted molar refractivity (Wildman–Crippen MR) is 55.1 cm³/mol. The van der Waals surface area contributed by atoms with Gasteiger partial charge in [0.25, 0.3) is 5.91 Å². The highest BCUT2D eigenvalue weighted by Gasteiger charge is 2.16. The van der Waals surface area contributed by atoms with E-state index in [1.54, 1.807) is 19.9 Å². The van der Waals surface area contributed by atoms with Gasteiger partial charge in [-0.2, -0.15) is 5.26 Å². The van der Waals surface area contributed by atoms with Gasteiger partial charge in [0.05, 0.1) is 13.2 Å². The summed E-state index contributed by atoms with van der Waals surface area (Å²) in [5.41, 5.74) is -0.241. The van der Waals surface area contributed by atoms with Crippen molar-refractivity contribution in [1.82, 2.24) is 5.32 Å². The van der Waals surface area contributed by atoms with Crippen molar-refractivity contribution in [1.29, 1.82) is 5.26 Å². The van der Waals surface area contributed by atoms with Crippen LogP contribution >= 0.6 is 0 Å². The number of carbonyl (C=O) groups excluding carboxylic acids is 2. The molecule has 0 spiro atoms. The molecule has 0 aromatic carbocycles. The summed E-state index contributed by atoms with van der Waals surface area (Å²) in [6, 6.07) is 1.67. The number of rotatable bonds is 4. The zero-order valence-corrected chi connectivity index (χ0v) is 9.49. The van der Waals surface area contributed by atoms with Crippen molar-refractivity contribution in [3.8, 4) is 6.07 Å². The first-order valence-electron chi connectivity index (χ1n) is 4.78. The first kappa shape index (κ1) is 14.0. The zero-order chi connectivity index (χ0) is 12.6. The number of hydrogen-bond acceptors (Lipinski definition) is 5. The number of nitrogens with zero attached hydrogens (tertiary/aromatic N) is 1. The number of alkyl carbamates (subject to hydrolysis) is 1. The molecule has 0 heterocycles. The molecule has 0 rings (SSSR count). The van der Waals surface area contributed by atoms with Crippen LogP contribution in [0.15, 0.2) is 11.3 Å². The second-order valence-corrected chi connectivity index (χ2v) is 2.65. The van der Waals surface area contributed by atoms with Crippen molar-refractivity contribution >= 4 is 12.0 Å². The van der Waals surface area contributed by atoms with Crippen LogP contribution in [0.3, 0.4) is 0 Å². The van der Waals surface area contributed by atoms with E-state index in [0.29, 0.717) is 6.61 Å². The van der Waals surface area contributed by atoms with Gasteiger partial charge in [-0.15, -0.1) is 0 Å². The van der Waals surface area contributed by atoms with Crippen molar-refractivity contribution in [2.75, 3.05) is 13.2 Å². The lowest BCUT2D eigenvalue weighted by molar-refractivity contribution is -0.116. The quantitative estimate of drug-likeness (QED) is 0.440. The van der Waals surface area contributed by atoms with Crippen LogP contribution in [0.1, 0.15) is 20.8 Å². The maximum atomic E-state index is 11.4. The number of ether oxygens (including phenoxy) is 2. The fourth-order valence-electron chi connectivity index (χ4n) is 0.900. The largest absolute Gasteiger partial charge is 0.497 e. The third-order valence-electron chi connectivity index (χ3n) is 1.54. The Labute approximate surface area is 93.8 Å². The predicted octanol–water partition coefficient (Wildman–Crippen LogP) is 1.09. The summed E-state index contributed by atoms with van der Waals surface area (Å²) in [6.45, 7) is 5.30. The van der Waals surface area contributed by atoms with Crippen LogP contribution in [0.2, 0.25) is 0 Å². The van der Waals surface area contributed by atoms with Crippen molar-refractivity contribution in [3.05, 3.63) is 11.3 Å². The number of nitriles is 1. The van der Waals surface area contributed by atoms with Gasteiger partial charge < -0.3 is 9.47 Å². The molecule has 0 aliphatic carbocycles. The summed E-state index contributed by atoms with van der Waals surface area (Å²) in [7, 11) is 0. The van der Waals surface area contributed by atoms with E-state index in [-0.39, 0.29) is 17.9 Å². The molecule has 0 unspecified atom stereocenters. The first-order valence-corrected chi connectivity index (χ1v) is 4.78. The Morgan fingerprint density at radius 2 is 1.81 bits per heavy atom. The monoisotopic (exact) mass is 226 g/mol. The Morgan fingerprint density at radius 3 is 2.25 bits per heavy atom. The van der Waals surface area contributed by atoms with Gasteiger partial charge in [0.15, 0.2) is 5.57 Å². The number of allylic oxidation sites excluding steroid dienone is 1. The third kappa shape index (κ3) is 4.46. The van der Waals surface area contributed by atoms with E-state index >= 15 is 0 Å². The highest BCUT2D eigenvalue weighted by molar-refractivity contribution is 6.05. The Kier molecular flexibility index (Phi) is 6.36. The van der Waals surface area contributed by atoms with Gasteiger partial charge in [-0.3, -0.25) is 10.1 Å². The molecule has 0 saturated heterocycles. The van der Waals surface area contributed by atoms with Crippen LogP contribution < -0.4 is 5.32 Å². The summed E-state index contributed by atoms with van der Waals surface area (Å²) < 4.78 is 9.50. The third-order valence-corrected chi connectivity index (χ3v) is 1.54. The molecular formula is C10H14N2O4. The van der Waals surface area contributed by atoms with Gasteiger partial charge in [-0.1, -0.05) is 0 Å². The average molecular weight is 226 g/mol. The summed E-state index contributed by atoms with van der Waals surface area (Å²) in [4.78, 5) is 22.3. The Morgan fingerprint density at radius 1 is 1.25 bits per heavy atom. The molecular weight excluding hydrogens is 212 g/mol. The molecule has 16 heavy (non-hydrogen) atoms. The smallest absolute Gasteiger partial charge is 0.414 e. The van der Waals surface area contributed by atoms with E-state index in [4.69, 9.17) is 10.00 Å². The van der Waals surface area contributed by atoms with Crippen molar-refractivity contribution in [3.63, 3.8) is 0 Å². The van der Waals surface area contributed by atoms with E-state index in [1.807, 2.05) is 5.32 Å². The van der Waals surface area contributed by atoms with Crippen LogP contribution in [0.4, 0.5) is 4.79 Å². The van der Waals surface area contributed by atoms with Crippen LogP contribution in [0.25, 0.3) is 0 Å². The van der Waals surface area contributed by atoms with E-state index in [2.05, 4.69) is 4.74 Å². The molecule has 88 valence electrons.